The highest BCUT2D eigenvalue weighted by atomic mass is 16.5. The Labute approximate surface area is 109 Å². The highest BCUT2D eigenvalue weighted by Crippen LogP contribution is 2.33. The van der Waals surface area contributed by atoms with Gasteiger partial charge in [-0.05, 0) is 48.3 Å². The molecule has 2 heteroatoms. The third-order valence-electron chi connectivity index (χ3n) is 4.19. The molecule has 1 aromatic rings. The first-order valence-corrected chi connectivity index (χ1v) is 6.72. The molecule has 0 saturated heterocycles. The van der Waals surface area contributed by atoms with Crippen LogP contribution in [0, 0.1) is 11.8 Å². The number of hydrogen-bond acceptors (Lipinski definition) is 2. The van der Waals surface area contributed by atoms with Crippen LogP contribution < -0.4 is 0 Å². The van der Waals surface area contributed by atoms with Crippen LogP contribution in [0.3, 0.4) is 0 Å². The Morgan fingerprint density at radius 1 is 1.22 bits per heavy atom. The molecule has 1 aromatic carbocycles. The van der Waals surface area contributed by atoms with Gasteiger partial charge in [-0.3, -0.25) is 4.79 Å². The van der Waals surface area contributed by atoms with Gasteiger partial charge in [0.05, 0.1) is 13.0 Å². The van der Waals surface area contributed by atoms with Gasteiger partial charge in [0.25, 0.3) is 0 Å². The molecule has 1 aliphatic rings. The first-order valence-electron chi connectivity index (χ1n) is 6.72. The molecule has 0 unspecified atom stereocenters. The Kier molecular flexibility index (Phi) is 3.74. The summed E-state index contributed by atoms with van der Waals surface area (Å²) in [5, 5.41) is 0. The van der Waals surface area contributed by atoms with E-state index in [0.29, 0.717) is 0 Å². The van der Waals surface area contributed by atoms with Crippen LogP contribution in [0.2, 0.25) is 0 Å². The molecule has 0 saturated carbocycles. The smallest absolute Gasteiger partial charge is 0.312 e. The van der Waals surface area contributed by atoms with Crippen LogP contribution in [0.4, 0.5) is 0 Å². The molecule has 1 aliphatic carbocycles. The van der Waals surface area contributed by atoms with Gasteiger partial charge >= 0.3 is 5.97 Å². The Morgan fingerprint density at radius 3 is 2.50 bits per heavy atom. The largest absolute Gasteiger partial charge is 0.469 e. The predicted molar refractivity (Wildman–Crippen MR) is 72.6 cm³/mol. The first kappa shape index (κ1) is 13.1. The van der Waals surface area contributed by atoms with Gasteiger partial charge in [-0.15, -0.1) is 0 Å². The molecule has 2 nitrogen and oxygen atoms in total. The maximum Gasteiger partial charge on any atom is 0.312 e. The molecule has 2 rings (SSSR count). The van der Waals surface area contributed by atoms with E-state index in [1.54, 1.807) is 0 Å². The number of benzene rings is 1. The molecular weight excluding hydrogens is 224 g/mol. The third kappa shape index (κ3) is 2.43. The lowest BCUT2D eigenvalue weighted by Gasteiger charge is -2.12. The second kappa shape index (κ2) is 5.13. The van der Waals surface area contributed by atoms with Crippen molar-refractivity contribution in [3.05, 3.63) is 34.9 Å². The average Bonchev–Trinajstić information content (AvgIpc) is 2.79. The molecule has 0 radical (unpaired) electrons. The Balaban J connectivity index is 2.20. The molecule has 0 aliphatic heterocycles. The van der Waals surface area contributed by atoms with E-state index >= 15 is 0 Å². The van der Waals surface area contributed by atoms with Crippen LogP contribution in [0.1, 0.15) is 43.4 Å². The zero-order valence-electron chi connectivity index (χ0n) is 11.7. The topological polar surface area (TPSA) is 26.3 Å². The summed E-state index contributed by atoms with van der Waals surface area (Å²) in [7, 11) is 1.45. The fourth-order valence-electron chi connectivity index (χ4n) is 2.73. The number of ether oxygens (including phenoxy) is 1. The van der Waals surface area contributed by atoms with Crippen molar-refractivity contribution in [3.63, 3.8) is 0 Å². The zero-order chi connectivity index (χ0) is 13.3. The van der Waals surface area contributed by atoms with E-state index in [1.807, 2.05) is 6.92 Å². The van der Waals surface area contributed by atoms with Crippen molar-refractivity contribution < 1.29 is 9.53 Å². The van der Waals surface area contributed by atoms with Gasteiger partial charge < -0.3 is 4.74 Å². The van der Waals surface area contributed by atoms with E-state index in [4.69, 9.17) is 4.74 Å². The van der Waals surface area contributed by atoms with Crippen LogP contribution >= 0.6 is 0 Å². The fraction of sp³-hybridized carbons (Fsp3) is 0.562. The van der Waals surface area contributed by atoms with Crippen molar-refractivity contribution in [2.45, 2.75) is 39.5 Å². The van der Waals surface area contributed by atoms with Gasteiger partial charge in [-0.1, -0.05) is 32.0 Å². The molecule has 0 amide bonds. The van der Waals surface area contributed by atoms with Gasteiger partial charge in [0.15, 0.2) is 0 Å². The molecule has 0 fully saturated rings. The number of hydrogen-bond donors (Lipinski definition) is 0. The normalized spacial score (nSPS) is 19.7. The molecule has 0 spiro atoms. The minimum atomic E-state index is -0.168. The molecule has 0 N–H and O–H groups in total. The Morgan fingerprint density at radius 2 is 1.89 bits per heavy atom. The van der Waals surface area contributed by atoms with Crippen molar-refractivity contribution in [2.24, 2.45) is 11.8 Å². The van der Waals surface area contributed by atoms with Crippen LogP contribution in [-0.2, 0) is 22.4 Å². The molecule has 18 heavy (non-hydrogen) atoms. The average molecular weight is 246 g/mol. The second-order valence-electron chi connectivity index (χ2n) is 5.69. The summed E-state index contributed by atoms with van der Waals surface area (Å²) < 4.78 is 4.81. The minimum Gasteiger partial charge on any atom is -0.469 e. The monoisotopic (exact) mass is 246 g/mol. The van der Waals surface area contributed by atoms with Crippen molar-refractivity contribution in [2.75, 3.05) is 7.11 Å². The van der Waals surface area contributed by atoms with Crippen LogP contribution in [0.5, 0.6) is 0 Å². The summed E-state index contributed by atoms with van der Waals surface area (Å²) in [6, 6.07) is 6.45. The van der Waals surface area contributed by atoms with E-state index in [1.165, 1.54) is 24.7 Å². The quantitative estimate of drug-likeness (QED) is 0.765. The molecule has 98 valence electrons. The maximum absolute atomic E-state index is 11.6. The van der Waals surface area contributed by atoms with Crippen molar-refractivity contribution in [1.82, 2.24) is 0 Å². The van der Waals surface area contributed by atoms with Gasteiger partial charge in [0.1, 0.15) is 0 Å². The van der Waals surface area contributed by atoms with Gasteiger partial charge in [-0.25, -0.2) is 0 Å². The molecule has 0 aromatic heterocycles. The Bertz CT molecular complexity index is 448. The van der Waals surface area contributed by atoms with Crippen molar-refractivity contribution in [3.8, 4) is 0 Å². The summed E-state index contributed by atoms with van der Waals surface area (Å²) in [6.07, 6.45) is 2.33. The minimum absolute atomic E-state index is 0.159. The van der Waals surface area contributed by atoms with E-state index in [9.17, 15) is 4.79 Å². The third-order valence-corrected chi connectivity index (χ3v) is 4.19. The SMILES string of the molecule is COC(=O)[C@@H](C)c1ccc2c(c1)C[C@@H](C(C)C)C2. The molecule has 2 atom stereocenters. The maximum atomic E-state index is 11.6. The zero-order valence-corrected chi connectivity index (χ0v) is 11.7. The lowest BCUT2D eigenvalue weighted by atomic mass is 9.93. The summed E-state index contributed by atoms with van der Waals surface area (Å²) in [5.41, 5.74) is 3.95. The van der Waals surface area contributed by atoms with E-state index in [-0.39, 0.29) is 11.9 Å². The predicted octanol–water partition coefficient (Wildman–Crippen LogP) is 3.33. The number of methoxy groups -OCH3 is 1. The van der Waals surface area contributed by atoms with Gasteiger partial charge in [-0.2, -0.15) is 0 Å². The lowest BCUT2D eigenvalue weighted by molar-refractivity contribution is -0.141. The lowest BCUT2D eigenvalue weighted by Crippen LogP contribution is -2.11. The summed E-state index contributed by atoms with van der Waals surface area (Å²) in [6.45, 7) is 6.48. The summed E-state index contributed by atoms with van der Waals surface area (Å²) in [4.78, 5) is 11.6. The number of carbonyl (C=O) groups is 1. The van der Waals surface area contributed by atoms with Gasteiger partial charge in [0.2, 0.25) is 0 Å². The standard InChI is InChI=1S/C16H22O2/c1-10(2)14-8-13-6-5-12(7-15(13)9-14)11(3)16(17)18-4/h5-7,10-11,14H,8-9H2,1-4H3/t11-,14-/m0/s1. The first-order chi connectivity index (χ1) is 8.52. The van der Waals surface area contributed by atoms with Crippen molar-refractivity contribution >= 4 is 5.97 Å². The Hall–Kier alpha value is -1.31. The number of esters is 1. The van der Waals surface area contributed by atoms with Crippen molar-refractivity contribution in [1.29, 1.82) is 0 Å². The summed E-state index contributed by atoms with van der Waals surface area (Å²) in [5.74, 6) is 1.15. The van der Waals surface area contributed by atoms with E-state index in [2.05, 4.69) is 32.0 Å². The van der Waals surface area contributed by atoms with Crippen LogP contribution in [0.25, 0.3) is 0 Å². The number of rotatable bonds is 3. The second-order valence-corrected chi connectivity index (χ2v) is 5.69. The highest BCUT2D eigenvalue weighted by Gasteiger charge is 2.25. The van der Waals surface area contributed by atoms with Crippen LogP contribution in [0.15, 0.2) is 18.2 Å². The highest BCUT2D eigenvalue weighted by molar-refractivity contribution is 5.77. The van der Waals surface area contributed by atoms with Gasteiger partial charge in [0, 0.05) is 0 Å². The molecular formula is C16H22O2. The number of carbonyl (C=O) groups excluding carboxylic acids is 1. The summed E-state index contributed by atoms with van der Waals surface area (Å²) >= 11 is 0. The number of fused-ring (bicyclic) bond motifs is 1. The molecule has 0 bridgehead atoms. The van der Waals surface area contributed by atoms with E-state index in [0.717, 1.165) is 23.8 Å². The van der Waals surface area contributed by atoms with Crippen LogP contribution in [-0.4, -0.2) is 13.1 Å². The van der Waals surface area contributed by atoms with E-state index < -0.39 is 0 Å². The fourth-order valence-corrected chi connectivity index (χ4v) is 2.73. The molecule has 0 heterocycles.